The van der Waals surface area contributed by atoms with E-state index in [0.29, 0.717) is 0 Å². The zero-order valence-corrected chi connectivity index (χ0v) is 26.3. The molecular weight excluding hydrogens is 577 g/mol. The second-order valence-electron chi connectivity index (χ2n) is 12.8. The summed E-state index contributed by atoms with van der Waals surface area (Å²) in [4.78, 5) is 0. The number of hydrogen-bond donors (Lipinski definition) is 0. The van der Waals surface area contributed by atoms with Crippen molar-refractivity contribution in [2.45, 2.75) is 0 Å². The lowest BCUT2D eigenvalue weighted by atomic mass is 9.84. The lowest BCUT2D eigenvalue weighted by Crippen LogP contribution is -1.92. The largest absolute Gasteiger partial charge is 0.0622 e. The predicted octanol–water partition coefficient (Wildman–Crippen LogP) is 13.5. The Hall–Kier alpha value is -6.24. The maximum atomic E-state index is 2.41. The standard InChI is InChI=1S/C48H30/c1-3-12-32(13-4-1)47-42-21-8-7-20-38(42)39-26-24-37(30-45(39)48(47)33-14-5-2-6-15-33)35-19-9-18-34(28-35)36-25-27-40-41-22-10-16-31-17-11-23-43(46(31)41)44(40)29-36/h1-30H. The van der Waals surface area contributed by atoms with Crippen LogP contribution in [0.4, 0.5) is 0 Å². The molecule has 0 unspecified atom stereocenters. The average molecular weight is 607 g/mol. The van der Waals surface area contributed by atoms with Crippen molar-refractivity contribution < 1.29 is 0 Å². The van der Waals surface area contributed by atoms with Crippen molar-refractivity contribution in [1.29, 1.82) is 0 Å². The summed E-state index contributed by atoms with van der Waals surface area (Å²) in [7, 11) is 0. The van der Waals surface area contributed by atoms with Crippen LogP contribution in [0.2, 0.25) is 0 Å². The quantitative estimate of drug-likeness (QED) is 0.175. The van der Waals surface area contributed by atoms with Gasteiger partial charge in [-0.15, -0.1) is 0 Å². The average Bonchev–Trinajstić information content (AvgIpc) is 3.49. The number of fused-ring (bicyclic) bond motifs is 6. The van der Waals surface area contributed by atoms with Gasteiger partial charge in [-0.1, -0.05) is 164 Å². The van der Waals surface area contributed by atoms with Crippen LogP contribution < -0.4 is 0 Å². The third-order valence-electron chi connectivity index (χ3n) is 10.2. The van der Waals surface area contributed by atoms with E-state index in [1.54, 1.807) is 0 Å². The van der Waals surface area contributed by atoms with Gasteiger partial charge < -0.3 is 0 Å². The summed E-state index contributed by atoms with van der Waals surface area (Å²) in [6.07, 6.45) is 0. The van der Waals surface area contributed by atoms with E-state index in [9.17, 15) is 0 Å². The van der Waals surface area contributed by atoms with Crippen LogP contribution in [0, 0.1) is 0 Å². The molecule has 1 aliphatic rings. The van der Waals surface area contributed by atoms with Crippen LogP contribution in [0.15, 0.2) is 182 Å². The second-order valence-corrected chi connectivity index (χ2v) is 12.8. The molecule has 9 aromatic rings. The molecule has 0 heterocycles. The Morgan fingerprint density at radius 1 is 0.229 bits per heavy atom. The molecule has 10 rings (SSSR count). The molecule has 0 aromatic heterocycles. The highest BCUT2D eigenvalue weighted by Crippen LogP contribution is 2.49. The molecule has 0 saturated heterocycles. The van der Waals surface area contributed by atoms with E-state index in [2.05, 4.69) is 182 Å². The molecule has 0 spiro atoms. The first kappa shape index (κ1) is 26.9. The van der Waals surface area contributed by atoms with Crippen LogP contribution in [0.3, 0.4) is 0 Å². The van der Waals surface area contributed by atoms with Crippen molar-refractivity contribution in [2.75, 3.05) is 0 Å². The second kappa shape index (κ2) is 10.7. The first-order valence-corrected chi connectivity index (χ1v) is 16.7. The Bertz CT molecular complexity index is 2690. The molecule has 222 valence electrons. The molecule has 0 aliphatic heterocycles. The Morgan fingerprint density at radius 3 is 1.44 bits per heavy atom. The van der Waals surface area contributed by atoms with E-state index in [-0.39, 0.29) is 0 Å². The van der Waals surface area contributed by atoms with Crippen LogP contribution in [0.1, 0.15) is 0 Å². The monoisotopic (exact) mass is 606 g/mol. The molecule has 0 radical (unpaired) electrons. The van der Waals surface area contributed by atoms with E-state index < -0.39 is 0 Å². The van der Waals surface area contributed by atoms with E-state index in [0.717, 1.165) is 0 Å². The van der Waals surface area contributed by atoms with Gasteiger partial charge >= 0.3 is 0 Å². The Balaban J connectivity index is 1.17. The normalized spacial score (nSPS) is 11.8. The smallest absolute Gasteiger partial charge is 0.00201 e. The highest BCUT2D eigenvalue weighted by atomic mass is 14.2. The number of rotatable bonds is 4. The van der Waals surface area contributed by atoms with Crippen molar-refractivity contribution in [3.63, 3.8) is 0 Å². The lowest BCUT2D eigenvalue weighted by Gasteiger charge is -2.19. The fraction of sp³-hybridized carbons (Fsp3) is 0. The Kier molecular flexibility index (Phi) is 5.98. The minimum atomic E-state index is 1.22. The summed E-state index contributed by atoms with van der Waals surface area (Å²) in [6, 6.07) is 67.0. The fourth-order valence-corrected chi connectivity index (χ4v) is 8.03. The molecule has 0 saturated carbocycles. The summed E-state index contributed by atoms with van der Waals surface area (Å²) in [5.41, 5.74) is 15.2. The van der Waals surface area contributed by atoms with E-state index in [1.807, 2.05) is 0 Å². The minimum absolute atomic E-state index is 1.22. The van der Waals surface area contributed by atoms with Gasteiger partial charge in [-0.05, 0) is 117 Å². The highest BCUT2D eigenvalue weighted by molar-refractivity contribution is 6.22. The minimum Gasteiger partial charge on any atom is -0.0622 e. The first-order valence-electron chi connectivity index (χ1n) is 16.7. The molecule has 1 aliphatic carbocycles. The molecule has 0 heteroatoms. The predicted molar refractivity (Wildman–Crippen MR) is 205 cm³/mol. The molecule has 48 heavy (non-hydrogen) atoms. The number of benzene rings is 9. The number of hydrogen-bond acceptors (Lipinski definition) is 0. The van der Waals surface area contributed by atoms with Crippen LogP contribution in [0.25, 0.3) is 99.1 Å². The van der Waals surface area contributed by atoms with Gasteiger partial charge in [0.25, 0.3) is 0 Å². The zero-order valence-electron chi connectivity index (χ0n) is 26.3. The van der Waals surface area contributed by atoms with E-state index in [4.69, 9.17) is 0 Å². The summed E-state index contributed by atoms with van der Waals surface area (Å²) in [5, 5.41) is 7.77. The highest BCUT2D eigenvalue weighted by Gasteiger charge is 2.22. The van der Waals surface area contributed by atoms with Crippen molar-refractivity contribution >= 4 is 32.3 Å². The van der Waals surface area contributed by atoms with Gasteiger partial charge in [-0.25, -0.2) is 0 Å². The molecule has 0 amide bonds. The molecule has 0 bridgehead atoms. The topological polar surface area (TPSA) is 0 Å². The van der Waals surface area contributed by atoms with Crippen LogP contribution in [0.5, 0.6) is 0 Å². The van der Waals surface area contributed by atoms with Crippen molar-refractivity contribution in [3.05, 3.63) is 182 Å². The third-order valence-corrected chi connectivity index (χ3v) is 10.2. The zero-order chi connectivity index (χ0) is 31.6. The van der Waals surface area contributed by atoms with Gasteiger partial charge in [0.1, 0.15) is 0 Å². The third kappa shape index (κ3) is 4.10. The molecule has 0 fully saturated rings. The van der Waals surface area contributed by atoms with Crippen LogP contribution in [-0.2, 0) is 0 Å². The van der Waals surface area contributed by atoms with Gasteiger partial charge in [0.05, 0.1) is 0 Å². The lowest BCUT2D eigenvalue weighted by molar-refractivity contribution is 1.59. The van der Waals surface area contributed by atoms with Crippen molar-refractivity contribution in [3.8, 4) is 66.8 Å². The summed E-state index contributed by atoms with van der Waals surface area (Å²) < 4.78 is 0. The van der Waals surface area contributed by atoms with E-state index >= 15 is 0 Å². The Labute approximate surface area is 280 Å². The van der Waals surface area contributed by atoms with Crippen LogP contribution >= 0.6 is 0 Å². The SMILES string of the molecule is c1ccc(-c2c(-c3ccccc3)c3cc(-c4cccc(-c5ccc6c(c5)-c5cccc7cccc-6c57)c4)ccc3c3ccccc23)cc1. The van der Waals surface area contributed by atoms with Crippen LogP contribution in [-0.4, -0.2) is 0 Å². The maximum absolute atomic E-state index is 2.41. The molecule has 0 nitrogen and oxygen atoms in total. The van der Waals surface area contributed by atoms with Gasteiger partial charge in [-0.2, -0.15) is 0 Å². The molecule has 0 atom stereocenters. The Morgan fingerprint density at radius 2 is 0.729 bits per heavy atom. The van der Waals surface area contributed by atoms with Gasteiger partial charge in [0, 0.05) is 0 Å². The first-order chi connectivity index (χ1) is 23.8. The van der Waals surface area contributed by atoms with Crippen molar-refractivity contribution in [2.24, 2.45) is 0 Å². The fourth-order valence-electron chi connectivity index (χ4n) is 8.03. The summed E-state index contributed by atoms with van der Waals surface area (Å²) >= 11 is 0. The molecule has 0 N–H and O–H groups in total. The van der Waals surface area contributed by atoms with E-state index in [1.165, 1.54) is 99.1 Å². The molecular formula is C48H30. The van der Waals surface area contributed by atoms with Crippen molar-refractivity contribution in [1.82, 2.24) is 0 Å². The summed E-state index contributed by atoms with van der Waals surface area (Å²) in [6.45, 7) is 0. The molecule has 9 aromatic carbocycles. The van der Waals surface area contributed by atoms with Gasteiger partial charge in [-0.3, -0.25) is 0 Å². The summed E-state index contributed by atoms with van der Waals surface area (Å²) in [5.74, 6) is 0. The maximum Gasteiger partial charge on any atom is -0.00201 e. The van der Waals surface area contributed by atoms with Gasteiger partial charge in [0.15, 0.2) is 0 Å². The van der Waals surface area contributed by atoms with Gasteiger partial charge in [0.2, 0.25) is 0 Å².